The molecule has 0 aliphatic carbocycles. The predicted octanol–water partition coefficient (Wildman–Crippen LogP) is 3.62. The molecule has 1 saturated heterocycles. The molecule has 0 radical (unpaired) electrons. The van der Waals surface area contributed by atoms with Gasteiger partial charge in [-0.15, -0.1) is 12.4 Å². The van der Waals surface area contributed by atoms with Crippen LogP contribution in [0.5, 0.6) is 0 Å². The monoisotopic (exact) mass is 368 g/mol. The van der Waals surface area contributed by atoms with Crippen LogP contribution in [0, 0.1) is 12.7 Å². The highest BCUT2D eigenvalue weighted by molar-refractivity contribution is 9.10. The van der Waals surface area contributed by atoms with Gasteiger partial charge < -0.3 is 5.32 Å². The fourth-order valence-electron chi connectivity index (χ4n) is 2.63. The first-order chi connectivity index (χ1) is 9.13. The van der Waals surface area contributed by atoms with Crippen LogP contribution in [0.15, 0.2) is 16.6 Å². The molecular weight excluding hydrogens is 350 g/mol. The van der Waals surface area contributed by atoms with Crippen molar-refractivity contribution in [2.45, 2.75) is 19.4 Å². The van der Waals surface area contributed by atoms with E-state index < -0.39 is 6.67 Å². The van der Waals surface area contributed by atoms with Crippen LogP contribution in [0.2, 0.25) is 0 Å². The molecule has 1 atom stereocenters. The van der Waals surface area contributed by atoms with Gasteiger partial charge in [0.1, 0.15) is 5.82 Å². The SMILES string of the molecule is Cc1cc(Br)cc([C@@H](CCF)N2CCNCC2)c1F.Cl. The predicted molar refractivity (Wildman–Crippen MR) is 83.9 cm³/mol. The Labute approximate surface area is 133 Å². The highest BCUT2D eigenvalue weighted by atomic mass is 79.9. The van der Waals surface area contributed by atoms with Gasteiger partial charge in [-0.3, -0.25) is 9.29 Å². The van der Waals surface area contributed by atoms with Crippen molar-refractivity contribution in [1.29, 1.82) is 0 Å². The molecule has 0 unspecified atom stereocenters. The number of hydrogen-bond donors (Lipinski definition) is 1. The summed E-state index contributed by atoms with van der Waals surface area (Å²) in [6, 6.07) is 3.36. The van der Waals surface area contributed by atoms with E-state index in [2.05, 4.69) is 26.1 Å². The first-order valence-corrected chi connectivity index (χ1v) is 7.39. The Hall–Kier alpha value is -0.230. The van der Waals surface area contributed by atoms with Crippen molar-refractivity contribution in [2.75, 3.05) is 32.9 Å². The van der Waals surface area contributed by atoms with Crippen molar-refractivity contribution >= 4 is 28.3 Å². The molecule has 2 rings (SSSR count). The second-order valence-corrected chi connectivity index (χ2v) is 5.82. The van der Waals surface area contributed by atoms with Crippen molar-refractivity contribution in [1.82, 2.24) is 10.2 Å². The van der Waals surface area contributed by atoms with Gasteiger partial charge in [0.2, 0.25) is 0 Å². The minimum atomic E-state index is -0.431. The van der Waals surface area contributed by atoms with Crippen LogP contribution < -0.4 is 5.32 Å². The average molecular weight is 370 g/mol. The molecule has 0 spiro atoms. The number of hydrogen-bond acceptors (Lipinski definition) is 2. The maximum Gasteiger partial charge on any atom is 0.130 e. The van der Waals surface area contributed by atoms with Crippen LogP contribution in [0.3, 0.4) is 0 Å². The van der Waals surface area contributed by atoms with Crippen LogP contribution >= 0.6 is 28.3 Å². The molecule has 1 fully saturated rings. The number of halogens is 4. The zero-order valence-corrected chi connectivity index (χ0v) is 13.9. The van der Waals surface area contributed by atoms with Gasteiger partial charge in [-0.2, -0.15) is 0 Å². The molecule has 0 saturated carbocycles. The quantitative estimate of drug-likeness (QED) is 0.872. The van der Waals surface area contributed by atoms with Crippen molar-refractivity contribution in [3.8, 4) is 0 Å². The van der Waals surface area contributed by atoms with Gasteiger partial charge in [-0.1, -0.05) is 15.9 Å². The summed E-state index contributed by atoms with van der Waals surface area (Å²) in [5.74, 6) is -0.208. The van der Waals surface area contributed by atoms with E-state index in [1.54, 1.807) is 19.1 Å². The third-order valence-corrected chi connectivity index (χ3v) is 4.04. The molecule has 2 nitrogen and oxygen atoms in total. The number of rotatable bonds is 4. The Morgan fingerprint density at radius 1 is 1.35 bits per heavy atom. The smallest absolute Gasteiger partial charge is 0.130 e. The Bertz CT molecular complexity index is 439. The summed E-state index contributed by atoms with van der Waals surface area (Å²) >= 11 is 3.40. The summed E-state index contributed by atoms with van der Waals surface area (Å²) in [4.78, 5) is 2.17. The zero-order valence-electron chi connectivity index (χ0n) is 11.5. The van der Waals surface area contributed by atoms with E-state index in [0.717, 1.165) is 30.7 Å². The Kier molecular flexibility index (Phi) is 7.37. The lowest BCUT2D eigenvalue weighted by Gasteiger charge is -2.35. The largest absolute Gasteiger partial charge is 0.314 e. The standard InChI is InChI=1S/C14H19BrF2N2.ClH/c1-10-8-11(15)9-12(14(10)17)13(2-3-16)19-6-4-18-5-7-19;/h8-9,13,18H,2-7H2,1H3;1H/t13-;/m1./s1. The molecule has 1 heterocycles. The normalized spacial score (nSPS) is 17.6. The van der Waals surface area contributed by atoms with E-state index in [1.165, 1.54) is 0 Å². The van der Waals surface area contributed by atoms with Gasteiger partial charge in [0, 0.05) is 42.3 Å². The molecule has 1 N–H and O–H groups in total. The zero-order chi connectivity index (χ0) is 13.8. The summed E-state index contributed by atoms with van der Waals surface area (Å²) in [7, 11) is 0. The van der Waals surface area contributed by atoms with Gasteiger partial charge >= 0.3 is 0 Å². The molecular formula is C14H20BrClF2N2. The highest BCUT2D eigenvalue weighted by Gasteiger charge is 2.25. The van der Waals surface area contributed by atoms with E-state index in [-0.39, 0.29) is 24.3 Å². The number of piperazine rings is 1. The van der Waals surface area contributed by atoms with Crippen LogP contribution in [0.1, 0.15) is 23.6 Å². The molecule has 0 bridgehead atoms. The van der Waals surface area contributed by atoms with Gasteiger partial charge in [0.25, 0.3) is 0 Å². The fourth-order valence-corrected chi connectivity index (χ4v) is 3.22. The number of nitrogens with one attached hydrogen (secondary N) is 1. The van der Waals surface area contributed by atoms with E-state index in [0.29, 0.717) is 17.5 Å². The third-order valence-electron chi connectivity index (χ3n) is 3.58. The van der Waals surface area contributed by atoms with E-state index in [1.807, 2.05) is 0 Å². The maximum absolute atomic E-state index is 14.3. The summed E-state index contributed by atoms with van der Waals surface area (Å²) in [5, 5.41) is 3.26. The molecule has 114 valence electrons. The topological polar surface area (TPSA) is 15.3 Å². The molecule has 6 heteroatoms. The van der Waals surface area contributed by atoms with Crippen LogP contribution in [0.25, 0.3) is 0 Å². The van der Waals surface area contributed by atoms with E-state index in [9.17, 15) is 8.78 Å². The third kappa shape index (κ3) is 4.13. The van der Waals surface area contributed by atoms with Gasteiger partial charge in [0.15, 0.2) is 0 Å². The van der Waals surface area contributed by atoms with E-state index >= 15 is 0 Å². The van der Waals surface area contributed by atoms with Gasteiger partial charge in [-0.25, -0.2) is 4.39 Å². The first kappa shape index (κ1) is 17.8. The molecule has 1 aromatic rings. The number of benzene rings is 1. The summed E-state index contributed by atoms with van der Waals surface area (Å²) in [6.07, 6.45) is 0.340. The minimum absolute atomic E-state index is 0. The Morgan fingerprint density at radius 3 is 2.60 bits per heavy atom. The molecule has 20 heavy (non-hydrogen) atoms. The van der Waals surface area contributed by atoms with E-state index in [4.69, 9.17) is 0 Å². The number of alkyl halides is 1. The van der Waals surface area contributed by atoms with Crippen LogP contribution in [0.4, 0.5) is 8.78 Å². The van der Waals surface area contributed by atoms with Crippen molar-refractivity contribution in [3.05, 3.63) is 33.5 Å². The summed E-state index contributed by atoms with van der Waals surface area (Å²) in [5.41, 5.74) is 1.20. The summed E-state index contributed by atoms with van der Waals surface area (Å²) in [6.45, 7) is 4.72. The second-order valence-electron chi connectivity index (χ2n) is 4.91. The minimum Gasteiger partial charge on any atom is -0.314 e. The van der Waals surface area contributed by atoms with Crippen molar-refractivity contribution in [3.63, 3.8) is 0 Å². The maximum atomic E-state index is 14.3. The van der Waals surface area contributed by atoms with Crippen LogP contribution in [-0.4, -0.2) is 37.8 Å². The molecule has 1 aliphatic heterocycles. The molecule has 0 amide bonds. The number of aryl methyl sites for hydroxylation is 1. The van der Waals surface area contributed by atoms with Crippen LogP contribution in [-0.2, 0) is 0 Å². The molecule has 1 aliphatic rings. The van der Waals surface area contributed by atoms with Crippen molar-refractivity contribution in [2.24, 2.45) is 0 Å². The molecule has 0 aromatic heterocycles. The summed E-state index contributed by atoms with van der Waals surface area (Å²) < 4.78 is 28.0. The molecule has 1 aromatic carbocycles. The highest BCUT2D eigenvalue weighted by Crippen LogP contribution is 2.31. The average Bonchev–Trinajstić information content (AvgIpc) is 2.41. The van der Waals surface area contributed by atoms with Gasteiger partial charge in [-0.05, 0) is 31.0 Å². The lowest BCUT2D eigenvalue weighted by atomic mass is 9.99. The van der Waals surface area contributed by atoms with Crippen molar-refractivity contribution < 1.29 is 8.78 Å². The second kappa shape index (κ2) is 8.27. The Morgan fingerprint density at radius 2 is 2.00 bits per heavy atom. The lowest BCUT2D eigenvalue weighted by Crippen LogP contribution is -2.45. The van der Waals surface area contributed by atoms with Gasteiger partial charge in [0.05, 0.1) is 6.67 Å². The number of nitrogens with zero attached hydrogens (tertiary/aromatic N) is 1. The Balaban J connectivity index is 0.00000200. The first-order valence-electron chi connectivity index (χ1n) is 6.59. The fraction of sp³-hybridized carbons (Fsp3) is 0.571. The lowest BCUT2D eigenvalue weighted by molar-refractivity contribution is 0.154.